The van der Waals surface area contributed by atoms with Crippen LogP contribution in [0.5, 0.6) is 0 Å². The third-order valence-electron chi connectivity index (χ3n) is 4.06. The Balaban J connectivity index is 1.86. The van der Waals surface area contributed by atoms with Gasteiger partial charge in [0.05, 0.1) is 4.92 Å². The van der Waals surface area contributed by atoms with E-state index in [2.05, 4.69) is 10.5 Å². The molecule has 140 valence electrons. The predicted molar refractivity (Wildman–Crippen MR) is 105 cm³/mol. The molecule has 3 rings (SSSR count). The summed E-state index contributed by atoms with van der Waals surface area (Å²) >= 11 is 0. The molecule has 0 aliphatic heterocycles. The van der Waals surface area contributed by atoms with Gasteiger partial charge in [-0.2, -0.15) is 5.10 Å². The van der Waals surface area contributed by atoms with Crippen LogP contribution in [-0.4, -0.2) is 21.6 Å². The van der Waals surface area contributed by atoms with Crippen molar-refractivity contribution >= 4 is 17.3 Å². The lowest BCUT2D eigenvalue weighted by atomic mass is 9.99. The lowest BCUT2D eigenvalue weighted by Gasteiger charge is -2.15. The Hall–Kier alpha value is -3.84. The van der Waals surface area contributed by atoms with Crippen molar-refractivity contribution in [3.05, 3.63) is 112 Å². The van der Waals surface area contributed by atoms with Gasteiger partial charge in [-0.05, 0) is 17.7 Å². The predicted octanol–water partition coefficient (Wildman–Crippen LogP) is 3.46. The van der Waals surface area contributed by atoms with Crippen molar-refractivity contribution in [2.75, 3.05) is 0 Å². The minimum absolute atomic E-state index is 0.107. The van der Waals surface area contributed by atoms with Crippen molar-refractivity contribution in [2.45, 2.75) is 6.10 Å². The highest BCUT2D eigenvalue weighted by molar-refractivity contribution is 6.05. The number of amides is 1. The molecule has 2 N–H and O–H groups in total. The molecule has 3 aromatic carbocycles. The highest BCUT2D eigenvalue weighted by atomic mass is 16.6. The summed E-state index contributed by atoms with van der Waals surface area (Å²) in [6.07, 6.45) is -1.04. The van der Waals surface area contributed by atoms with Crippen LogP contribution in [-0.2, 0) is 0 Å². The second kappa shape index (κ2) is 8.70. The van der Waals surface area contributed by atoms with Gasteiger partial charge in [0.2, 0.25) is 0 Å². The maximum atomic E-state index is 12.4. The number of non-ortho nitro benzene ring substituents is 1. The van der Waals surface area contributed by atoms with E-state index in [0.29, 0.717) is 11.1 Å². The normalized spacial score (nSPS) is 12.2. The molecule has 0 aliphatic carbocycles. The van der Waals surface area contributed by atoms with E-state index in [1.54, 1.807) is 48.5 Å². The minimum Gasteiger partial charge on any atom is -0.382 e. The van der Waals surface area contributed by atoms with Gasteiger partial charge in [-0.25, -0.2) is 5.43 Å². The molecule has 7 heteroatoms. The number of hydrazone groups is 1. The molecule has 0 heterocycles. The van der Waals surface area contributed by atoms with Crippen LogP contribution < -0.4 is 5.43 Å². The fourth-order valence-corrected chi connectivity index (χ4v) is 2.60. The van der Waals surface area contributed by atoms with Crippen LogP contribution in [0.3, 0.4) is 0 Å². The molecule has 28 heavy (non-hydrogen) atoms. The summed E-state index contributed by atoms with van der Waals surface area (Å²) in [6, 6.07) is 23.2. The van der Waals surface area contributed by atoms with Crippen molar-refractivity contribution < 1.29 is 14.8 Å². The van der Waals surface area contributed by atoms with Crippen LogP contribution in [0.15, 0.2) is 90.0 Å². The number of carbonyl (C=O) groups is 1. The third kappa shape index (κ3) is 4.46. The number of benzene rings is 3. The molecule has 0 aromatic heterocycles. The summed E-state index contributed by atoms with van der Waals surface area (Å²) in [5.74, 6) is -0.538. The van der Waals surface area contributed by atoms with E-state index in [1.807, 2.05) is 12.1 Å². The van der Waals surface area contributed by atoms with Gasteiger partial charge >= 0.3 is 0 Å². The van der Waals surface area contributed by atoms with Crippen molar-refractivity contribution in [3.8, 4) is 0 Å². The van der Waals surface area contributed by atoms with Crippen molar-refractivity contribution in [3.63, 3.8) is 0 Å². The van der Waals surface area contributed by atoms with Gasteiger partial charge in [0.25, 0.3) is 11.6 Å². The summed E-state index contributed by atoms with van der Waals surface area (Å²) in [7, 11) is 0. The average Bonchev–Trinajstić information content (AvgIpc) is 2.75. The van der Waals surface area contributed by atoms with Crippen LogP contribution in [0.4, 0.5) is 5.69 Å². The van der Waals surface area contributed by atoms with E-state index in [0.717, 1.165) is 0 Å². The third-order valence-corrected chi connectivity index (χ3v) is 4.06. The lowest BCUT2D eigenvalue weighted by Crippen LogP contribution is -2.23. The molecule has 0 saturated carbocycles. The standard InChI is InChI=1S/C21H17N3O4/c25-20(16-9-5-2-6-10-16)19(15-7-3-1-4-8-15)22-23-21(26)17-11-13-18(14-12-17)24(27)28/h1-14,20,25H,(H,23,26)/b22-19-. The minimum atomic E-state index is -1.04. The van der Waals surface area contributed by atoms with Gasteiger partial charge in [0.15, 0.2) is 0 Å². The molecule has 7 nitrogen and oxygen atoms in total. The molecule has 1 atom stereocenters. The number of rotatable bonds is 6. The van der Waals surface area contributed by atoms with E-state index >= 15 is 0 Å². The van der Waals surface area contributed by atoms with Gasteiger partial charge in [0, 0.05) is 23.3 Å². The number of aliphatic hydroxyl groups excluding tert-OH is 1. The molecular formula is C21H17N3O4. The molecule has 0 bridgehead atoms. The van der Waals surface area contributed by atoms with Crippen LogP contribution in [0.1, 0.15) is 27.6 Å². The fourth-order valence-electron chi connectivity index (χ4n) is 2.60. The highest BCUT2D eigenvalue weighted by Gasteiger charge is 2.18. The average molecular weight is 375 g/mol. The van der Waals surface area contributed by atoms with E-state index < -0.39 is 16.9 Å². The molecule has 1 unspecified atom stereocenters. The number of carbonyl (C=O) groups excluding carboxylic acids is 1. The molecule has 0 saturated heterocycles. The maximum absolute atomic E-state index is 12.4. The van der Waals surface area contributed by atoms with E-state index in [-0.39, 0.29) is 17.0 Å². The quantitative estimate of drug-likeness (QED) is 0.391. The largest absolute Gasteiger partial charge is 0.382 e. The number of nitro benzene ring substituents is 1. The summed E-state index contributed by atoms with van der Waals surface area (Å²) in [4.78, 5) is 22.5. The first-order valence-electron chi connectivity index (χ1n) is 8.47. The monoisotopic (exact) mass is 375 g/mol. The number of nitrogens with zero attached hydrogens (tertiary/aromatic N) is 2. The van der Waals surface area contributed by atoms with Crippen LogP contribution in [0, 0.1) is 10.1 Å². The van der Waals surface area contributed by atoms with Gasteiger partial charge in [-0.15, -0.1) is 0 Å². The number of hydrogen-bond donors (Lipinski definition) is 2. The molecule has 0 radical (unpaired) electrons. The first-order chi connectivity index (χ1) is 13.6. The Morgan fingerprint density at radius 1 is 0.893 bits per heavy atom. The first-order valence-corrected chi connectivity index (χ1v) is 8.47. The fraction of sp³-hybridized carbons (Fsp3) is 0.0476. The Morgan fingerprint density at radius 3 is 2.04 bits per heavy atom. The summed E-state index contributed by atoms with van der Waals surface area (Å²) in [5.41, 5.74) is 4.10. The number of hydrogen-bond acceptors (Lipinski definition) is 5. The summed E-state index contributed by atoms with van der Waals surface area (Å²) in [6.45, 7) is 0. The topological polar surface area (TPSA) is 105 Å². The zero-order valence-electron chi connectivity index (χ0n) is 14.7. The second-order valence-electron chi connectivity index (χ2n) is 5.92. The summed E-state index contributed by atoms with van der Waals surface area (Å²) in [5, 5.41) is 25.6. The molecule has 0 spiro atoms. The van der Waals surface area contributed by atoms with Gasteiger partial charge in [0.1, 0.15) is 11.8 Å². The maximum Gasteiger partial charge on any atom is 0.271 e. The number of nitrogens with one attached hydrogen (secondary N) is 1. The van der Waals surface area contributed by atoms with Crippen molar-refractivity contribution in [1.29, 1.82) is 0 Å². The Kier molecular flexibility index (Phi) is 5.88. The van der Waals surface area contributed by atoms with Gasteiger partial charge < -0.3 is 5.11 Å². The SMILES string of the molecule is O=C(N/N=C(/c1ccccc1)C(O)c1ccccc1)c1ccc([N+](=O)[O-])cc1. The van der Waals surface area contributed by atoms with Crippen LogP contribution in [0.25, 0.3) is 0 Å². The van der Waals surface area contributed by atoms with Gasteiger partial charge in [-0.3, -0.25) is 14.9 Å². The van der Waals surface area contributed by atoms with E-state index in [9.17, 15) is 20.0 Å². The zero-order chi connectivity index (χ0) is 19.9. The van der Waals surface area contributed by atoms with Crippen LogP contribution in [0.2, 0.25) is 0 Å². The van der Waals surface area contributed by atoms with Crippen LogP contribution >= 0.6 is 0 Å². The van der Waals surface area contributed by atoms with Gasteiger partial charge in [-0.1, -0.05) is 60.7 Å². The molecule has 1 amide bonds. The molecule has 0 fully saturated rings. The number of aliphatic hydroxyl groups is 1. The lowest BCUT2D eigenvalue weighted by molar-refractivity contribution is -0.384. The van der Waals surface area contributed by atoms with Crippen molar-refractivity contribution in [1.82, 2.24) is 5.43 Å². The Morgan fingerprint density at radius 2 is 1.46 bits per heavy atom. The second-order valence-corrected chi connectivity index (χ2v) is 5.92. The molecule has 0 aliphatic rings. The molecule has 3 aromatic rings. The first kappa shape index (κ1) is 18.9. The Labute approximate surface area is 161 Å². The Bertz CT molecular complexity index is 987. The van der Waals surface area contributed by atoms with Crippen molar-refractivity contribution in [2.24, 2.45) is 5.10 Å². The van der Waals surface area contributed by atoms with E-state index in [4.69, 9.17) is 0 Å². The number of nitro groups is 1. The smallest absolute Gasteiger partial charge is 0.271 e. The highest BCUT2D eigenvalue weighted by Crippen LogP contribution is 2.19. The van der Waals surface area contributed by atoms with E-state index in [1.165, 1.54) is 24.3 Å². The summed E-state index contributed by atoms with van der Waals surface area (Å²) < 4.78 is 0. The zero-order valence-corrected chi connectivity index (χ0v) is 14.7. The molecular weight excluding hydrogens is 358 g/mol.